The fourth-order valence-corrected chi connectivity index (χ4v) is 4.43. The summed E-state index contributed by atoms with van der Waals surface area (Å²) in [5, 5.41) is 4.78. The van der Waals surface area contributed by atoms with Crippen LogP contribution in [0.2, 0.25) is 0 Å². The van der Waals surface area contributed by atoms with Crippen molar-refractivity contribution in [1.29, 1.82) is 0 Å². The van der Waals surface area contributed by atoms with Gasteiger partial charge >= 0.3 is 0 Å². The third-order valence-electron chi connectivity index (χ3n) is 3.87. The van der Waals surface area contributed by atoms with Gasteiger partial charge < -0.3 is 5.32 Å². The van der Waals surface area contributed by atoms with Crippen molar-refractivity contribution in [2.24, 2.45) is 0 Å². The number of sulfonamides is 1. The topological polar surface area (TPSA) is 88.2 Å². The van der Waals surface area contributed by atoms with Gasteiger partial charge in [0.15, 0.2) is 5.13 Å². The van der Waals surface area contributed by atoms with E-state index in [0.29, 0.717) is 16.5 Å². The lowest BCUT2D eigenvalue weighted by molar-refractivity contribution is -0.114. The average molecular weight is 402 g/mol. The highest BCUT2D eigenvalue weighted by Gasteiger charge is 2.16. The molecule has 0 radical (unpaired) electrons. The molecule has 0 saturated heterocycles. The van der Waals surface area contributed by atoms with Crippen LogP contribution in [0.3, 0.4) is 0 Å². The van der Waals surface area contributed by atoms with Crippen molar-refractivity contribution in [3.8, 4) is 11.3 Å². The minimum atomic E-state index is -3.68. The molecule has 140 valence electrons. The van der Waals surface area contributed by atoms with Gasteiger partial charge in [-0.15, -0.1) is 11.3 Å². The van der Waals surface area contributed by atoms with Crippen LogP contribution >= 0.6 is 11.3 Å². The molecule has 6 nitrogen and oxygen atoms in total. The van der Waals surface area contributed by atoms with E-state index in [2.05, 4.69) is 15.0 Å². The highest BCUT2D eigenvalue weighted by molar-refractivity contribution is 7.93. The van der Waals surface area contributed by atoms with Crippen molar-refractivity contribution in [3.63, 3.8) is 0 Å². The van der Waals surface area contributed by atoms with Crippen molar-refractivity contribution >= 4 is 38.1 Å². The van der Waals surface area contributed by atoms with E-state index in [9.17, 15) is 13.2 Å². The Morgan fingerprint density at radius 3 is 2.33 bits per heavy atom. The molecule has 2 N–H and O–H groups in total. The van der Waals surface area contributed by atoms with Gasteiger partial charge in [0.25, 0.3) is 10.0 Å². The second-order valence-corrected chi connectivity index (χ2v) is 8.44. The Balaban J connectivity index is 1.76. The van der Waals surface area contributed by atoms with Crippen LogP contribution in [-0.2, 0) is 21.2 Å². The van der Waals surface area contributed by atoms with Gasteiger partial charge in [0.2, 0.25) is 5.91 Å². The first-order valence-corrected chi connectivity index (χ1v) is 10.7. The van der Waals surface area contributed by atoms with E-state index in [1.54, 1.807) is 41.8 Å². The molecule has 0 spiro atoms. The molecule has 2 aromatic carbocycles. The highest BCUT2D eigenvalue weighted by Crippen LogP contribution is 2.27. The number of nitrogens with one attached hydrogen (secondary N) is 2. The summed E-state index contributed by atoms with van der Waals surface area (Å²) in [5.74, 6) is -0.139. The van der Waals surface area contributed by atoms with Crippen molar-refractivity contribution in [2.45, 2.75) is 25.2 Å². The number of carbonyl (C=O) groups excluding carboxylic acids is 1. The van der Waals surface area contributed by atoms with Crippen molar-refractivity contribution in [3.05, 3.63) is 59.5 Å². The van der Waals surface area contributed by atoms with Gasteiger partial charge in [0.05, 0.1) is 10.6 Å². The number of benzene rings is 2. The second-order valence-electron chi connectivity index (χ2n) is 5.90. The summed E-state index contributed by atoms with van der Waals surface area (Å²) in [6, 6.07) is 14.0. The number of thiazole rings is 1. The molecule has 3 aromatic rings. The number of aromatic nitrogens is 1. The summed E-state index contributed by atoms with van der Waals surface area (Å²) in [6.07, 6.45) is 0.852. The van der Waals surface area contributed by atoms with E-state index in [4.69, 9.17) is 0 Å². The van der Waals surface area contributed by atoms with E-state index in [1.165, 1.54) is 18.3 Å². The molecular weight excluding hydrogens is 382 g/mol. The van der Waals surface area contributed by atoms with Crippen molar-refractivity contribution < 1.29 is 13.2 Å². The Bertz CT molecular complexity index is 1040. The zero-order chi connectivity index (χ0) is 19.4. The van der Waals surface area contributed by atoms with Crippen LogP contribution in [-0.4, -0.2) is 19.3 Å². The SMILES string of the molecule is CCc1ccc(S(=O)(=O)Nc2nc(-c3ccc(NC(C)=O)cc3)cs2)cc1. The Labute approximate surface area is 162 Å². The summed E-state index contributed by atoms with van der Waals surface area (Å²) in [6.45, 7) is 3.46. The zero-order valence-electron chi connectivity index (χ0n) is 14.9. The molecular formula is C19H19N3O3S2. The van der Waals surface area contributed by atoms with Crippen LogP contribution < -0.4 is 10.0 Å². The van der Waals surface area contributed by atoms with Crippen LogP contribution in [0.4, 0.5) is 10.8 Å². The fourth-order valence-electron chi connectivity index (χ4n) is 2.46. The van der Waals surface area contributed by atoms with E-state index >= 15 is 0 Å². The summed E-state index contributed by atoms with van der Waals surface area (Å²) < 4.78 is 27.5. The number of rotatable bonds is 6. The van der Waals surface area contributed by atoms with Gasteiger partial charge in [0, 0.05) is 23.6 Å². The maximum Gasteiger partial charge on any atom is 0.263 e. The van der Waals surface area contributed by atoms with Gasteiger partial charge in [-0.1, -0.05) is 31.2 Å². The molecule has 27 heavy (non-hydrogen) atoms. The lowest BCUT2D eigenvalue weighted by atomic mass is 10.1. The molecule has 0 fully saturated rings. The van der Waals surface area contributed by atoms with Gasteiger partial charge in [-0.3, -0.25) is 9.52 Å². The zero-order valence-corrected chi connectivity index (χ0v) is 16.5. The molecule has 1 amide bonds. The minimum Gasteiger partial charge on any atom is -0.326 e. The summed E-state index contributed by atoms with van der Waals surface area (Å²) in [4.78, 5) is 15.6. The van der Waals surface area contributed by atoms with E-state index in [-0.39, 0.29) is 10.8 Å². The van der Waals surface area contributed by atoms with Gasteiger partial charge in [0.1, 0.15) is 0 Å². The fraction of sp³-hybridized carbons (Fsp3) is 0.158. The maximum absolute atomic E-state index is 12.5. The van der Waals surface area contributed by atoms with Crippen LogP contribution in [0.15, 0.2) is 58.8 Å². The molecule has 1 heterocycles. The Morgan fingerprint density at radius 2 is 1.74 bits per heavy atom. The number of anilines is 2. The standard InChI is InChI=1S/C19H19N3O3S2/c1-3-14-4-10-17(11-5-14)27(24,25)22-19-21-18(12-26-19)15-6-8-16(9-7-15)20-13(2)23/h4-12H,3H2,1-2H3,(H,20,23)(H,21,22). The summed E-state index contributed by atoms with van der Waals surface area (Å²) in [5.41, 5.74) is 3.26. The highest BCUT2D eigenvalue weighted by atomic mass is 32.2. The maximum atomic E-state index is 12.5. The number of hydrogen-bond acceptors (Lipinski definition) is 5. The van der Waals surface area contributed by atoms with E-state index in [1.807, 2.05) is 19.1 Å². The number of amides is 1. The number of hydrogen-bond donors (Lipinski definition) is 2. The van der Waals surface area contributed by atoms with E-state index in [0.717, 1.165) is 17.5 Å². The molecule has 0 aliphatic carbocycles. The average Bonchev–Trinajstić information content (AvgIpc) is 3.09. The van der Waals surface area contributed by atoms with Crippen LogP contribution in [0.1, 0.15) is 19.4 Å². The number of carbonyl (C=O) groups is 1. The summed E-state index contributed by atoms with van der Waals surface area (Å²) >= 11 is 1.22. The first-order valence-electron chi connectivity index (χ1n) is 8.32. The van der Waals surface area contributed by atoms with Crippen LogP contribution in [0, 0.1) is 0 Å². The normalized spacial score (nSPS) is 11.2. The lowest BCUT2D eigenvalue weighted by Crippen LogP contribution is -2.12. The molecule has 1 aromatic heterocycles. The first kappa shape index (κ1) is 19.1. The van der Waals surface area contributed by atoms with Gasteiger partial charge in [-0.05, 0) is 36.2 Å². The molecule has 0 atom stereocenters. The Hall–Kier alpha value is -2.71. The van der Waals surface area contributed by atoms with Crippen LogP contribution in [0.25, 0.3) is 11.3 Å². The van der Waals surface area contributed by atoms with Gasteiger partial charge in [-0.25, -0.2) is 13.4 Å². The largest absolute Gasteiger partial charge is 0.326 e. The van der Waals surface area contributed by atoms with Crippen LogP contribution in [0.5, 0.6) is 0 Å². The first-order chi connectivity index (χ1) is 12.9. The minimum absolute atomic E-state index is 0.139. The third kappa shape index (κ3) is 4.72. The smallest absolute Gasteiger partial charge is 0.263 e. The Morgan fingerprint density at radius 1 is 1.07 bits per heavy atom. The van der Waals surface area contributed by atoms with Gasteiger partial charge in [-0.2, -0.15) is 0 Å². The number of aryl methyl sites for hydroxylation is 1. The van der Waals surface area contributed by atoms with Crippen molar-refractivity contribution in [1.82, 2.24) is 4.98 Å². The predicted molar refractivity (Wildman–Crippen MR) is 108 cm³/mol. The molecule has 0 saturated carbocycles. The molecule has 0 unspecified atom stereocenters. The summed E-state index contributed by atoms with van der Waals surface area (Å²) in [7, 11) is -3.68. The monoisotopic (exact) mass is 401 g/mol. The quantitative estimate of drug-likeness (QED) is 0.650. The van der Waals surface area contributed by atoms with Crippen molar-refractivity contribution in [2.75, 3.05) is 10.0 Å². The number of nitrogens with zero attached hydrogens (tertiary/aromatic N) is 1. The molecule has 0 bridgehead atoms. The Kier molecular flexibility index (Phi) is 5.57. The third-order valence-corrected chi connectivity index (χ3v) is 6.11. The predicted octanol–water partition coefficient (Wildman–Crippen LogP) is 4.13. The molecule has 8 heteroatoms. The second kappa shape index (κ2) is 7.89. The van der Waals surface area contributed by atoms with E-state index < -0.39 is 10.0 Å². The molecule has 0 aliphatic rings. The molecule has 0 aliphatic heterocycles. The molecule has 3 rings (SSSR count). The lowest BCUT2D eigenvalue weighted by Gasteiger charge is -2.06.